The predicted octanol–water partition coefficient (Wildman–Crippen LogP) is 6.60. The Hall–Kier alpha value is -1.82. The molecule has 0 saturated carbocycles. The highest BCUT2D eigenvalue weighted by molar-refractivity contribution is 6.74. The molecule has 4 nitrogen and oxygen atoms in total. The molecule has 0 bridgehead atoms. The molecule has 2 unspecified atom stereocenters. The Bertz CT molecular complexity index is 814. The van der Waals surface area contributed by atoms with Crippen molar-refractivity contribution >= 4 is 8.32 Å². The van der Waals surface area contributed by atoms with Gasteiger partial charge in [0.05, 0.1) is 13.2 Å². The van der Waals surface area contributed by atoms with Crippen LogP contribution in [0.1, 0.15) is 51.8 Å². The third kappa shape index (κ3) is 6.58. The van der Waals surface area contributed by atoms with Crippen molar-refractivity contribution in [3.8, 4) is 11.5 Å². The van der Waals surface area contributed by atoms with Crippen molar-refractivity contribution in [2.75, 3.05) is 13.7 Å². The molecule has 0 heterocycles. The van der Waals surface area contributed by atoms with Crippen molar-refractivity contribution in [1.29, 1.82) is 0 Å². The van der Waals surface area contributed by atoms with Gasteiger partial charge < -0.3 is 19.0 Å². The minimum absolute atomic E-state index is 0.0935. The lowest BCUT2D eigenvalue weighted by Crippen LogP contribution is -2.43. The van der Waals surface area contributed by atoms with Gasteiger partial charge in [-0.05, 0) is 53.2 Å². The summed E-state index contributed by atoms with van der Waals surface area (Å²) in [6.45, 7) is 16.1. The quantitative estimate of drug-likeness (QED) is 0.419. The van der Waals surface area contributed by atoms with Crippen molar-refractivity contribution < 1.29 is 19.0 Å². The second-order valence-electron chi connectivity index (χ2n) is 10.0. The zero-order chi connectivity index (χ0) is 23.2. The first-order chi connectivity index (χ1) is 14.5. The number of methoxy groups -OCH3 is 1. The van der Waals surface area contributed by atoms with E-state index in [1.807, 2.05) is 42.5 Å². The molecular weight excluding hydrogens is 404 g/mol. The molecule has 2 aromatic rings. The van der Waals surface area contributed by atoms with Gasteiger partial charge in [0.1, 0.15) is 6.61 Å². The number of aliphatic hydroxyl groups is 1. The van der Waals surface area contributed by atoms with Crippen molar-refractivity contribution in [2.45, 2.75) is 65.5 Å². The van der Waals surface area contributed by atoms with Crippen LogP contribution in [-0.2, 0) is 11.0 Å². The van der Waals surface area contributed by atoms with Gasteiger partial charge in [-0.15, -0.1) is 0 Å². The van der Waals surface area contributed by atoms with Gasteiger partial charge >= 0.3 is 0 Å². The summed E-state index contributed by atoms with van der Waals surface area (Å²) >= 11 is 0. The van der Waals surface area contributed by atoms with Crippen molar-refractivity contribution in [1.82, 2.24) is 0 Å². The molecule has 5 heteroatoms. The predicted molar refractivity (Wildman–Crippen MR) is 130 cm³/mol. The largest absolute Gasteiger partial charge is 0.493 e. The molecule has 172 valence electrons. The lowest BCUT2D eigenvalue weighted by Gasteiger charge is -2.42. The van der Waals surface area contributed by atoms with Gasteiger partial charge in [0, 0.05) is 6.61 Å². The number of benzene rings is 2. The number of rotatable bonds is 10. The van der Waals surface area contributed by atoms with Gasteiger partial charge in [-0.2, -0.15) is 0 Å². The fraction of sp³-hybridized carbons (Fsp3) is 0.538. The summed E-state index contributed by atoms with van der Waals surface area (Å²) < 4.78 is 18.6. The highest BCUT2D eigenvalue weighted by Crippen LogP contribution is 2.44. The smallest absolute Gasteiger partial charge is 0.192 e. The van der Waals surface area contributed by atoms with Crippen molar-refractivity contribution in [2.24, 2.45) is 11.8 Å². The minimum atomic E-state index is -2.03. The molecular formula is C26H40O4Si. The fourth-order valence-corrected chi connectivity index (χ4v) is 4.49. The van der Waals surface area contributed by atoms with E-state index < -0.39 is 8.32 Å². The molecule has 0 amide bonds. The van der Waals surface area contributed by atoms with Crippen LogP contribution in [0.15, 0.2) is 48.5 Å². The molecule has 0 aromatic heterocycles. The molecule has 0 saturated heterocycles. The fourth-order valence-electron chi connectivity index (χ4n) is 3.15. The first kappa shape index (κ1) is 25.4. The van der Waals surface area contributed by atoms with E-state index in [4.69, 9.17) is 13.9 Å². The van der Waals surface area contributed by atoms with E-state index >= 15 is 0 Å². The zero-order valence-corrected chi connectivity index (χ0v) is 21.4. The first-order valence-corrected chi connectivity index (χ1v) is 14.0. The second kappa shape index (κ2) is 10.7. The van der Waals surface area contributed by atoms with Crippen LogP contribution in [0.3, 0.4) is 0 Å². The van der Waals surface area contributed by atoms with Crippen LogP contribution in [0.25, 0.3) is 0 Å². The molecule has 1 N–H and O–H groups in total. The lowest BCUT2D eigenvalue weighted by atomic mass is 9.87. The van der Waals surface area contributed by atoms with Crippen molar-refractivity contribution in [3.05, 3.63) is 59.7 Å². The Balaban J connectivity index is 2.34. The summed E-state index contributed by atoms with van der Waals surface area (Å²) in [6, 6.07) is 16.2. The maximum Gasteiger partial charge on any atom is 0.192 e. The summed E-state index contributed by atoms with van der Waals surface area (Å²) in [5.41, 5.74) is 2.17. The standard InChI is InChI=1S/C26H40O4Si/c1-19(17-27)20(2)25(30-31(7,8)26(3,4)5)22-14-15-23(24(16-22)28-6)29-18-21-12-10-9-11-13-21/h9-16,19-20,25,27H,17-18H2,1-8H3/t19?,20?,25-/m0/s1. The Morgan fingerprint density at radius 2 is 1.61 bits per heavy atom. The number of hydrogen-bond acceptors (Lipinski definition) is 4. The molecule has 2 aromatic carbocycles. The first-order valence-electron chi connectivity index (χ1n) is 11.1. The molecule has 0 spiro atoms. The Morgan fingerprint density at radius 3 is 2.16 bits per heavy atom. The number of aliphatic hydroxyl groups excluding tert-OH is 1. The third-order valence-corrected chi connectivity index (χ3v) is 11.1. The maximum atomic E-state index is 9.79. The monoisotopic (exact) mass is 444 g/mol. The molecule has 0 aliphatic rings. The molecule has 2 rings (SSSR count). The average Bonchev–Trinajstić information content (AvgIpc) is 2.74. The Labute approximate surface area is 189 Å². The molecule has 31 heavy (non-hydrogen) atoms. The van der Waals surface area contributed by atoms with Gasteiger partial charge in [-0.1, -0.05) is 71.0 Å². The van der Waals surface area contributed by atoms with E-state index in [0.717, 1.165) is 11.1 Å². The summed E-state index contributed by atoms with van der Waals surface area (Å²) in [7, 11) is -0.362. The van der Waals surface area contributed by atoms with Gasteiger partial charge in [-0.25, -0.2) is 0 Å². The van der Waals surface area contributed by atoms with Gasteiger partial charge in [0.2, 0.25) is 0 Å². The molecule has 0 fully saturated rings. The van der Waals surface area contributed by atoms with Crippen LogP contribution in [0, 0.1) is 11.8 Å². The highest BCUT2D eigenvalue weighted by atomic mass is 28.4. The highest BCUT2D eigenvalue weighted by Gasteiger charge is 2.41. The summed E-state index contributed by atoms with van der Waals surface area (Å²) in [6.07, 6.45) is -0.125. The third-order valence-electron chi connectivity index (χ3n) is 6.64. The number of hydrogen-bond donors (Lipinski definition) is 1. The second-order valence-corrected chi connectivity index (χ2v) is 14.8. The maximum absolute atomic E-state index is 9.79. The van der Waals surface area contributed by atoms with E-state index in [0.29, 0.717) is 18.1 Å². The van der Waals surface area contributed by atoms with Crippen LogP contribution in [0.2, 0.25) is 18.1 Å². The number of ether oxygens (including phenoxy) is 2. The Morgan fingerprint density at radius 1 is 0.968 bits per heavy atom. The van der Waals surface area contributed by atoms with E-state index in [-0.39, 0.29) is 29.6 Å². The van der Waals surface area contributed by atoms with Crippen LogP contribution in [0.4, 0.5) is 0 Å². The summed E-state index contributed by atoms with van der Waals surface area (Å²) in [4.78, 5) is 0. The van der Waals surface area contributed by atoms with E-state index in [1.54, 1.807) is 7.11 Å². The van der Waals surface area contributed by atoms with Crippen molar-refractivity contribution in [3.63, 3.8) is 0 Å². The summed E-state index contributed by atoms with van der Waals surface area (Å²) in [5, 5.41) is 9.89. The molecule has 0 aliphatic heterocycles. The molecule has 0 aliphatic carbocycles. The van der Waals surface area contributed by atoms with Crippen LogP contribution in [-0.4, -0.2) is 27.1 Å². The van der Waals surface area contributed by atoms with Crippen LogP contribution >= 0.6 is 0 Å². The lowest BCUT2D eigenvalue weighted by molar-refractivity contribution is 0.0718. The Kier molecular flexibility index (Phi) is 8.75. The summed E-state index contributed by atoms with van der Waals surface area (Å²) in [5.74, 6) is 1.68. The van der Waals surface area contributed by atoms with E-state index in [1.165, 1.54) is 0 Å². The van der Waals surface area contributed by atoms with Crippen LogP contribution in [0.5, 0.6) is 11.5 Å². The van der Waals surface area contributed by atoms with Gasteiger partial charge in [0.15, 0.2) is 19.8 Å². The molecule has 0 radical (unpaired) electrons. The SMILES string of the molecule is COc1cc([C@@H](O[Si](C)(C)C(C)(C)C)C(C)C(C)CO)ccc1OCc1ccccc1. The van der Waals surface area contributed by atoms with Gasteiger partial charge in [0.25, 0.3) is 0 Å². The van der Waals surface area contributed by atoms with Gasteiger partial charge in [-0.3, -0.25) is 0 Å². The van der Waals surface area contributed by atoms with E-state index in [9.17, 15) is 5.11 Å². The zero-order valence-electron chi connectivity index (χ0n) is 20.4. The minimum Gasteiger partial charge on any atom is -0.493 e. The van der Waals surface area contributed by atoms with E-state index in [2.05, 4.69) is 53.8 Å². The average molecular weight is 445 g/mol. The van der Waals surface area contributed by atoms with Crippen LogP contribution < -0.4 is 9.47 Å². The molecule has 3 atom stereocenters. The normalized spacial score (nSPS) is 15.3. The topological polar surface area (TPSA) is 47.9 Å².